The zero-order valence-corrected chi connectivity index (χ0v) is 9.85. The molecule has 0 radical (unpaired) electrons. The van der Waals surface area contributed by atoms with Gasteiger partial charge in [-0.3, -0.25) is 4.90 Å². The van der Waals surface area contributed by atoms with Gasteiger partial charge in [-0.1, -0.05) is 4.98 Å². The molecule has 0 unspecified atom stereocenters. The lowest BCUT2D eigenvalue weighted by molar-refractivity contribution is -0.397. The van der Waals surface area contributed by atoms with E-state index in [-0.39, 0.29) is 12.5 Å². The van der Waals surface area contributed by atoms with Crippen molar-refractivity contribution in [2.24, 2.45) is 0 Å². The summed E-state index contributed by atoms with van der Waals surface area (Å²) >= 11 is 0. The average Bonchev–Trinajstić information content (AvgIpc) is 2.71. The Hall–Kier alpha value is -1.47. The van der Waals surface area contributed by atoms with Gasteiger partial charge in [-0.15, -0.1) is 0 Å². The molecule has 1 aliphatic rings. The van der Waals surface area contributed by atoms with E-state index in [0.29, 0.717) is 18.6 Å². The molecule has 1 aliphatic heterocycles. The molecule has 94 valence electrons. The van der Waals surface area contributed by atoms with Crippen LogP contribution < -0.4 is 0 Å². The van der Waals surface area contributed by atoms with Crippen LogP contribution in [0, 0.1) is 10.1 Å². The summed E-state index contributed by atoms with van der Waals surface area (Å²) in [4.78, 5) is 15.9. The molecule has 1 saturated heterocycles. The van der Waals surface area contributed by atoms with Gasteiger partial charge in [0.15, 0.2) is 0 Å². The number of nitro groups is 1. The number of aliphatic hydroxyl groups excluding tert-OH is 1. The first-order chi connectivity index (χ1) is 8.00. The normalized spacial score (nSPS) is 29.0. The number of β-amino-alcohol motifs (C(OH)–C–C–N with tert-alkyl or cyclic N) is 1. The first-order valence-corrected chi connectivity index (χ1v) is 5.60. The number of aromatic nitrogens is 2. The highest BCUT2D eigenvalue weighted by molar-refractivity contribution is 5.07. The maximum absolute atomic E-state index is 10.6. The predicted octanol–water partition coefficient (Wildman–Crippen LogP) is 0.245. The van der Waals surface area contributed by atoms with Crippen LogP contribution in [0.5, 0.6) is 0 Å². The number of hydrogen-bond donors (Lipinski definition) is 1. The molecule has 17 heavy (non-hydrogen) atoms. The van der Waals surface area contributed by atoms with Crippen molar-refractivity contribution in [2.45, 2.75) is 38.6 Å². The van der Waals surface area contributed by atoms with Gasteiger partial charge in [0.2, 0.25) is 0 Å². The number of rotatable bonds is 5. The van der Waals surface area contributed by atoms with E-state index in [1.54, 1.807) is 0 Å². The van der Waals surface area contributed by atoms with E-state index in [9.17, 15) is 15.2 Å². The topological polar surface area (TPSA) is 84.2 Å². The van der Waals surface area contributed by atoms with E-state index in [4.69, 9.17) is 0 Å². The Morgan fingerprint density at radius 2 is 2.18 bits per heavy atom. The van der Waals surface area contributed by atoms with Crippen molar-refractivity contribution in [3.8, 4) is 0 Å². The fraction of sp³-hybridized carbons (Fsp3) is 0.700. The zero-order chi connectivity index (χ0) is 12.6. The maximum atomic E-state index is 10.6. The lowest BCUT2D eigenvalue weighted by Crippen LogP contribution is -2.26. The molecule has 0 aliphatic carbocycles. The summed E-state index contributed by atoms with van der Waals surface area (Å²) in [5, 5.41) is 20.5. The van der Waals surface area contributed by atoms with Gasteiger partial charge in [0.05, 0.1) is 12.6 Å². The molecule has 3 atom stereocenters. The molecule has 2 heterocycles. The number of hydrogen-bond acceptors (Lipinski definition) is 5. The van der Waals surface area contributed by atoms with Crippen LogP contribution >= 0.6 is 0 Å². The van der Waals surface area contributed by atoms with Crippen molar-refractivity contribution in [2.75, 3.05) is 6.54 Å². The van der Waals surface area contributed by atoms with E-state index in [0.717, 1.165) is 0 Å². The second kappa shape index (κ2) is 4.42. The van der Waals surface area contributed by atoms with Crippen LogP contribution in [0.1, 0.15) is 13.8 Å². The Morgan fingerprint density at radius 3 is 2.71 bits per heavy atom. The predicted molar refractivity (Wildman–Crippen MR) is 60.5 cm³/mol. The second-order valence-corrected chi connectivity index (χ2v) is 4.47. The van der Waals surface area contributed by atoms with E-state index < -0.39 is 11.0 Å². The zero-order valence-electron chi connectivity index (χ0n) is 9.85. The maximum Gasteiger partial charge on any atom is 0.434 e. The Morgan fingerprint density at radius 1 is 1.53 bits per heavy atom. The molecule has 7 nitrogen and oxygen atoms in total. The summed E-state index contributed by atoms with van der Waals surface area (Å²) in [7, 11) is 0. The quantitative estimate of drug-likeness (QED) is 0.453. The first-order valence-electron chi connectivity index (χ1n) is 5.60. The minimum absolute atomic E-state index is 0.201. The van der Waals surface area contributed by atoms with Crippen LogP contribution in [0.15, 0.2) is 12.4 Å². The number of nitrogens with zero attached hydrogens (tertiary/aromatic N) is 4. The molecular formula is C10H16N4O3. The highest BCUT2D eigenvalue weighted by atomic mass is 16.6. The standard InChI is InChI=1S/C10H16N4O3/c1-7-8(2)13(7)6-9(15)5-12-4-3-11-10(12)14(16)17/h3-4,7-9,15H,5-6H2,1-2H3/t7-,8-,9-/m1/s1. The highest BCUT2D eigenvalue weighted by Gasteiger charge is 2.40. The SMILES string of the molecule is C[C@@H]1[C@@H](C)N1C[C@H](O)Cn1ccnc1[N+](=O)[O-]. The molecule has 1 aromatic heterocycles. The summed E-state index contributed by atoms with van der Waals surface area (Å²) in [6.45, 7) is 4.93. The van der Waals surface area contributed by atoms with Gasteiger partial charge < -0.3 is 15.2 Å². The van der Waals surface area contributed by atoms with Gasteiger partial charge in [0.25, 0.3) is 0 Å². The van der Waals surface area contributed by atoms with Crippen molar-refractivity contribution in [3.63, 3.8) is 0 Å². The fourth-order valence-electron chi connectivity index (χ4n) is 2.06. The Kier molecular flexibility index (Phi) is 3.12. The third kappa shape index (κ3) is 2.45. The van der Waals surface area contributed by atoms with E-state index in [1.807, 2.05) is 0 Å². The third-order valence-corrected chi connectivity index (χ3v) is 3.34. The molecular weight excluding hydrogens is 224 g/mol. The molecule has 0 amide bonds. The summed E-state index contributed by atoms with van der Waals surface area (Å²) in [5.74, 6) is -0.226. The molecule has 7 heteroatoms. The van der Waals surface area contributed by atoms with E-state index >= 15 is 0 Å². The lowest BCUT2D eigenvalue weighted by Gasteiger charge is -2.11. The lowest BCUT2D eigenvalue weighted by atomic mass is 10.3. The van der Waals surface area contributed by atoms with Crippen LogP contribution in [-0.4, -0.2) is 49.2 Å². The van der Waals surface area contributed by atoms with Crippen molar-refractivity contribution in [1.82, 2.24) is 14.5 Å². The van der Waals surface area contributed by atoms with E-state index in [1.165, 1.54) is 17.0 Å². The Labute approximate surface area is 98.8 Å². The summed E-state index contributed by atoms with van der Waals surface area (Å²) < 4.78 is 1.36. The van der Waals surface area contributed by atoms with Crippen LogP contribution in [0.4, 0.5) is 5.95 Å². The van der Waals surface area contributed by atoms with Crippen LogP contribution in [-0.2, 0) is 6.54 Å². The van der Waals surface area contributed by atoms with Crippen molar-refractivity contribution in [3.05, 3.63) is 22.5 Å². The molecule has 2 rings (SSSR count). The molecule has 1 fully saturated rings. The van der Waals surface area contributed by atoms with Crippen LogP contribution in [0.25, 0.3) is 0 Å². The highest BCUT2D eigenvalue weighted by Crippen LogP contribution is 2.27. The Bertz CT molecular complexity index is 411. The molecule has 0 aromatic carbocycles. The van der Waals surface area contributed by atoms with Crippen molar-refractivity contribution in [1.29, 1.82) is 0 Å². The average molecular weight is 240 g/mol. The molecule has 1 aromatic rings. The van der Waals surface area contributed by atoms with Crippen LogP contribution in [0.2, 0.25) is 0 Å². The molecule has 0 spiro atoms. The number of imidazole rings is 1. The smallest absolute Gasteiger partial charge is 0.390 e. The van der Waals surface area contributed by atoms with Gasteiger partial charge in [-0.25, -0.2) is 4.57 Å². The monoisotopic (exact) mass is 240 g/mol. The van der Waals surface area contributed by atoms with E-state index in [2.05, 4.69) is 23.7 Å². The van der Waals surface area contributed by atoms with Gasteiger partial charge in [0, 0.05) is 18.6 Å². The molecule has 0 bridgehead atoms. The number of aliphatic hydroxyl groups is 1. The largest absolute Gasteiger partial charge is 0.434 e. The minimum Gasteiger partial charge on any atom is -0.390 e. The second-order valence-electron chi connectivity index (χ2n) is 4.47. The van der Waals surface area contributed by atoms with Gasteiger partial charge >= 0.3 is 5.95 Å². The Balaban J connectivity index is 1.92. The van der Waals surface area contributed by atoms with Crippen molar-refractivity contribution < 1.29 is 10.0 Å². The summed E-state index contributed by atoms with van der Waals surface area (Å²) in [6, 6.07) is 0.977. The van der Waals surface area contributed by atoms with Gasteiger partial charge in [0.1, 0.15) is 12.4 Å². The van der Waals surface area contributed by atoms with Gasteiger partial charge in [-0.2, -0.15) is 0 Å². The third-order valence-electron chi connectivity index (χ3n) is 3.34. The summed E-state index contributed by atoms with van der Waals surface area (Å²) in [6.07, 6.45) is 2.26. The summed E-state index contributed by atoms with van der Waals surface area (Å²) in [5.41, 5.74) is 0. The minimum atomic E-state index is -0.615. The fourth-order valence-corrected chi connectivity index (χ4v) is 2.06. The van der Waals surface area contributed by atoms with Crippen LogP contribution in [0.3, 0.4) is 0 Å². The molecule has 0 saturated carbocycles. The molecule has 1 N–H and O–H groups in total. The van der Waals surface area contributed by atoms with Crippen molar-refractivity contribution >= 4 is 5.95 Å². The van der Waals surface area contributed by atoms with Gasteiger partial charge in [-0.05, 0) is 18.8 Å². The first kappa shape index (κ1) is 12.0.